The third-order valence-corrected chi connectivity index (χ3v) is 4.58. The molecule has 2 amide bonds. The standard InChI is InChI=1S/C10H16N2O3S.Zn/c13-8(14)4-2-1-3-7-9-6(5-16-7)11-10(15)12-9;/h6-7,9H,1-5H2,(H,13,14)(H2,11,12,15);/t6-,7-,9-;/m0./s1. The molecule has 0 aliphatic carbocycles. The molecule has 92 valence electrons. The van der Waals surface area contributed by atoms with Crippen molar-refractivity contribution in [2.75, 3.05) is 5.75 Å². The van der Waals surface area contributed by atoms with E-state index in [1.165, 1.54) is 0 Å². The second kappa shape index (κ2) is 6.59. The largest absolute Gasteiger partial charge is 0.481 e. The number of fused-ring (bicyclic) bond motifs is 1. The Morgan fingerprint density at radius 2 is 2.18 bits per heavy atom. The van der Waals surface area contributed by atoms with E-state index in [4.69, 9.17) is 5.11 Å². The van der Waals surface area contributed by atoms with Gasteiger partial charge >= 0.3 is 12.0 Å². The Balaban J connectivity index is 0.00000144. The van der Waals surface area contributed by atoms with E-state index in [2.05, 4.69) is 10.6 Å². The number of thioether (sulfide) groups is 1. The van der Waals surface area contributed by atoms with E-state index in [1.54, 1.807) is 0 Å². The molecule has 0 radical (unpaired) electrons. The fourth-order valence-electron chi connectivity index (χ4n) is 2.26. The molecule has 7 heteroatoms. The van der Waals surface area contributed by atoms with E-state index < -0.39 is 5.97 Å². The average molecular weight is 310 g/mol. The SMILES string of the molecule is O=C(O)CCCC[C@@H]1SC[C@@H]2NC(=O)N[C@@H]21.[Zn]. The number of carbonyl (C=O) groups is 2. The molecule has 2 aliphatic rings. The Hall–Kier alpha value is -0.287. The van der Waals surface area contributed by atoms with E-state index in [9.17, 15) is 9.59 Å². The van der Waals surface area contributed by atoms with Gasteiger partial charge in [-0.2, -0.15) is 11.8 Å². The van der Waals surface area contributed by atoms with Gasteiger partial charge in [-0.1, -0.05) is 6.42 Å². The van der Waals surface area contributed by atoms with Crippen molar-refractivity contribution in [1.82, 2.24) is 10.6 Å². The number of aliphatic carboxylic acids is 1. The van der Waals surface area contributed by atoms with Crippen molar-refractivity contribution in [2.24, 2.45) is 0 Å². The number of unbranched alkanes of at least 4 members (excludes halogenated alkanes) is 1. The molecule has 0 aromatic heterocycles. The maximum atomic E-state index is 11.1. The molecule has 3 N–H and O–H groups in total. The predicted octanol–water partition coefficient (Wildman–Crippen LogP) is 0.794. The minimum atomic E-state index is -0.729. The molecule has 2 fully saturated rings. The number of amides is 2. The van der Waals surface area contributed by atoms with Crippen molar-refractivity contribution in [3.05, 3.63) is 0 Å². The van der Waals surface area contributed by atoms with Crippen LogP contribution in [0.5, 0.6) is 0 Å². The molecule has 2 saturated heterocycles. The minimum Gasteiger partial charge on any atom is -0.481 e. The van der Waals surface area contributed by atoms with Crippen LogP contribution < -0.4 is 10.6 Å². The third-order valence-electron chi connectivity index (χ3n) is 3.07. The van der Waals surface area contributed by atoms with E-state index in [0.29, 0.717) is 5.25 Å². The summed E-state index contributed by atoms with van der Waals surface area (Å²) in [6.45, 7) is 0. The van der Waals surface area contributed by atoms with Gasteiger partial charge < -0.3 is 15.7 Å². The molecule has 17 heavy (non-hydrogen) atoms. The number of nitrogens with one attached hydrogen (secondary N) is 2. The average Bonchev–Trinajstić information content (AvgIpc) is 2.72. The molecule has 2 rings (SSSR count). The molecule has 2 aliphatic heterocycles. The van der Waals surface area contributed by atoms with Crippen LogP contribution in [0.3, 0.4) is 0 Å². The van der Waals surface area contributed by atoms with Crippen molar-refractivity contribution in [3.63, 3.8) is 0 Å². The van der Waals surface area contributed by atoms with Gasteiger partial charge in [-0.25, -0.2) is 4.79 Å². The summed E-state index contributed by atoms with van der Waals surface area (Å²) >= 11 is 1.87. The molecule has 0 bridgehead atoms. The second-order valence-electron chi connectivity index (χ2n) is 4.26. The van der Waals surface area contributed by atoms with Gasteiger partial charge in [-0.05, 0) is 12.8 Å². The van der Waals surface area contributed by atoms with Crippen LogP contribution >= 0.6 is 11.8 Å². The summed E-state index contributed by atoms with van der Waals surface area (Å²) in [6.07, 6.45) is 2.88. The van der Waals surface area contributed by atoms with Gasteiger partial charge in [0.2, 0.25) is 0 Å². The van der Waals surface area contributed by atoms with E-state index in [1.807, 2.05) is 11.8 Å². The van der Waals surface area contributed by atoms with Gasteiger partial charge in [-0.15, -0.1) is 0 Å². The monoisotopic (exact) mass is 308 g/mol. The smallest absolute Gasteiger partial charge is 0.315 e. The summed E-state index contributed by atoms with van der Waals surface area (Å²) in [6, 6.07) is 0.440. The van der Waals surface area contributed by atoms with E-state index in [0.717, 1.165) is 25.0 Å². The summed E-state index contributed by atoms with van der Waals surface area (Å²) in [4.78, 5) is 21.5. The van der Waals surface area contributed by atoms with E-state index in [-0.39, 0.29) is 44.0 Å². The van der Waals surface area contributed by atoms with Crippen LogP contribution in [0.1, 0.15) is 25.7 Å². The summed E-state index contributed by atoms with van der Waals surface area (Å²) in [5.41, 5.74) is 0. The maximum absolute atomic E-state index is 11.1. The van der Waals surface area contributed by atoms with Crippen LogP contribution in [-0.4, -0.2) is 40.2 Å². The molecule has 0 spiro atoms. The second-order valence-corrected chi connectivity index (χ2v) is 5.53. The Bertz CT molecular complexity index is 303. The molecule has 2 heterocycles. The van der Waals surface area contributed by atoms with Crippen molar-refractivity contribution in [1.29, 1.82) is 0 Å². The fraction of sp³-hybridized carbons (Fsp3) is 0.800. The van der Waals surface area contributed by atoms with Crippen molar-refractivity contribution in [2.45, 2.75) is 43.0 Å². The van der Waals surface area contributed by atoms with Gasteiger partial charge in [0.1, 0.15) is 0 Å². The topological polar surface area (TPSA) is 78.4 Å². The number of carboxylic acid groups (broad SMARTS) is 1. The number of hydrogen-bond donors (Lipinski definition) is 3. The van der Waals surface area contributed by atoms with Gasteiger partial charge in [0.05, 0.1) is 12.1 Å². The Morgan fingerprint density at radius 1 is 1.41 bits per heavy atom. The molecule has 0 unspecified atom stereocenters. The Kier molecular flexibility index (Phi) is 5.73. The first kappa shape index (κ1) is 14.8. The quantitative estimate of drug-likeness (QED) is 0.399. The Morgan fingerprint density at radius 3 is 2.88 bits per heavy atom. The number of carbonyl (C=O) groups excluding carboxylic acids is 1. The van der Waals surface area contributed by atoms with Crippen molar-refractivity contribution < 1.29 is 34.2 Å². The normalized spacial score (nSPS) is 30.1. The van der Waals surface area contributed by atoms with Gasteiger partial charge in [0.15, 0.2) is 0 Å². The van der Waals surface area contributed by atoms with Crippen LogP contribution in [0.2, 0.25) is 0 Å². The molecular formula is C10H16N2O3SZn. The van der Waals surface area contributed by atoms with Crippen LogP contribution in [0, 0.1) is 0 Å². The molecule has 3 atom stereocenters. The number of carboxylic acids is 1. The van der Waals surface area contributed by atoms with Crippen LogP contribution in [0.25, 0.3) is 0 Å². The summed E-state index contributed by atoms with van der Waals surface area (Å²) in [7, 11) is 0. The zero-order valence-corrected chi connectivity index (χ0v) is 13.4. The maximum Gasteiger partial charge on any atom is 0.315 e. The summed E-state index contributed by atoms with van der Waals surface area (Å²) < 4.78 is 0. The molecular weight excluding hydrogens is 294 g/mol. The zero-order valence-electron chi connectivity index (χ0n) is 9.65. The molecule has 5 nitrogen and oxygen atoms in total. The first-order chi connectivity index (χ1) is 7.66. The first-order valence-corrected chi connectivity index (χ1v) is 6.62. The van der Waals surface area contributed by atoms with Crippen molar-refractivity contribution in [3.8, 4) is 0 Å². The number of urea groups is 1. The fourth-order valence-corrected chi connectivity index (χ4v) is 3.81. The molecule has 0 aromatic carbocycles. The van der Waals surface area contributed by atoms with Crippen LogP contribution in [-0.2, 0) is 24.3 Å². The van der Waals surface area contributed by atoms with Crippen LogP contribution in [0.4, 0.5) is 4.79 Å². The molecule has 0 aromatic rings. The Labute approximate surface area is 117 Å². The van der Waals surface area contributed by atoms with Gasteiger partial charge in [0, 0.05) is 36.9 Å². The zero-order chi connectivity index (χ0) is 11.5. The minimum absolute atomic E-state index is 0. The summed E-state index contributed by atoms with van der Waals surface area (Å²) in [5, 5.41) is 14.8. The molecule has 0 saturated carbocycles. The third kappa shape index (κ3) is 3.85. The predicted molar refractivity (Wildman–Crippen MR) is 61.6 cm³/mol. The van der Waals surface area contributed by atoms with Crippen molar-refractivity contribution >= 4 is 23.8 Å². The van der Waals surface area contributed by atoms with Crippen LogP contribution in [0.15, 0.2) is 0 Å². The van der Waals surface area contributed by atoms with Gasteiger partial charge in [-0.3, -0.25) is 4.79 Å². The number of rotatable bonds is 5. The first-order valence-electron chi connectivity index (χ1n) is 5.57. The van der Waals surface area contributed by atoms with Gasteiger partial charge in [0.25, 0.3) is 0 Å². The van der Waals surface area contributed by atoms with E-state index >= 15 is 0 Å². The number of hydrogen-bond acceptors (Lipinski definition) is 3. The summed E-state index contributed by atoms with van der Waals surface area (Å²) in [5.74, 6) is 0.236.